The number of nitrogens with one attached hydrogen (secondary N) is 1. The number of hydrogen-bond donors (Lipinski definition) is 2. The van der Waals surface area contributed by atoms with Crippen molar-refractivity contribution >= 4 is 12.2 Å². The number of hydrazone groups is 1. The standard InChI is InChI=1S/C3H6N2O2/c1-4-5-2-3(6)7/h2,4H,1H3,(H,6,7). The van der Waals surface area contributed by atoms with E-state index in [-0.39, 0.29) is 0 Å². The lowest BCUT2D eigenvalue weighted by atomic mass is 10.8. The Hall–Kier alpha value is -1.06. The van der Waals surface area contributed by atoms with Gasteiger partial charge in [0.1, 0.15) is 6.21 Å². The Morgan fingerprint density at radius 3 is 2.71 bits per heavy atom. The van der Waals surface area contributed by atoms with Crippen molar-refractivity contribution in [2.45, 2.75) is 0 Å². The maximum absolute atomic E-state index is 9.57. The van der Waals surface area contributed by atoms with Crippen LogP contribution < -0.4 is 5.43 Å². The Morgan fingerprint density at radius 2 is 2.57 bits per heavy atom. The monoisotopic (exact) mass is 102 g/mol. The average Bonchev–Trinajstić information content (AvgIpc) is 1.61. The summed E-state index contributed by atoms with van der Waals surface area (Å²) in [7, 11) is 1.53. The topological polar surface area (TPSA) is 61.7 Å². The minimum Gasteiger partial charge on any atom is -0.477 e. The number of nitrogens with zero attached hydrogens (tertiary/aromatic N) is 1. The summed E-state index contributed by atoms with van der Waals surface area (Å²) in [6, 6.07) is 0. The van der Waals surface area contributed by atoms with Gasteiger partial charge < -0.3 is 10.5 Å². The SMILES string of the molecule is CNN=CC(=O)O. The molecule has 0 bridgehead atoms. The highest BCUT2D eigenvalue weighted by Crippen LogP contribution is 1.51. The van der Waals surface area contributed by atoms with Gasteiger partial charge in [-0.3, -0.25) is 0 Å². The van der Waals surface area contributed by atoms with Crippen molar-refractivity contribution in [3.05, 3.63) is 0 Å². The van der Waals surface area contributed by atoms with Gasteiger partial charge in [-0.25, -0.2) is 4.79 Å². The summed E-state index contributed by atoms with van der Waals surface area (Å²) < 4.78 is 0. The Bertz CT molecular complexity index is 88.9. The summed E-state index contributed by atoms with van der Waals surface area (Å²) >= 11 is 0. The fourth-order valence-electron chi connectivity index (χ4n) is 0.120. The van der Waals surface area contributed by atoms with Crippen LogP contribution in [0.4, 0.5) is 0 Å². The van der Waals surface area contributed by atoms with E-state index in [1.54, 1.807) is 0 Å². The highest BCUT2D eigenvalue weighted by atomic mass is 16.4. The first kappa shape index (κ1) is 5.94. The molecule has 7 heavy (non-hydrogen) atoms. The molecule has 0 amide bonds. The smallest absolute Gasteiger partial charge is 0.348 e. The Morgan fingerprint density at radius 1 is 2.00 bits per heavy atom. The zero-order valence-corrected chi connectivity index (χ0v) is 3.88. The van der Waals surface area contributed by atoms with Crippen LogP contribution in [0.15, 0.2) is 5.10 Å². The lowest BCUT2D eigenvalue weighted by Crippen LogP contribution is -2.01. The molecule has 0 unspecified atom stereocenters. The molecule has 0 aromatic rings. The third-order valence-corrected chi connectivity index (χ3v) is 0.304. The van der Waals surface area contributed by atoms with E-state index in [4.69, 9.17) is 5.11 Å². The van der Waals surface area contributed by atoms with Gasteiger partial charge in [-0.15, -0.1) is 0 Å². The van der Waals surface area contributed by atoms with Gasteiger partial charge in [-0.1, -0.05) is 0 Å². The van der Waals surface area contributed by atoms with Crippen molar-refractivity contribution in [1.29, 1.82) is 0 Å². The van der Waals surface area contributed by atoms with Crippen LogP contribution in [0.5, 0.6) is 0 Å². The predicted molar refractivity (Wildman–Crippen MR) is 25.2 cm³/mol. The molecule has 0 heterocycles. The van der Waals surface area contributed by atoms with Crippen LogP contribution >= 0.6 is 0 Å². The van der Waals surface area contributed by atoms with Gasteiger partial charge in [0.25, 0.3) is 0 Å². The maximum Gasteiger partial charge on any atom is 0.348 e. The third-order valence-electron chi connectivity index (χ3n) is 0.304. The van der Waals surface area contributed by atoms with E-state index >= 15 is 0 Å². The Kier molecular flexibility index (Phi) is 2.67. The fraction of sp³-hybridized carbons (Fsp3) is 0.333. The fourth-order valence-corrected chi connectivity index (χ4v) is 0.120. The molecule has 0 radical (unpaired) electrons. The summed E-state index contributed by atoms with van der Waals surface area (Å²) in [6.45, 7) is 0. The first-order valence-electron chi connectivity index (χ1n) is 1.70. The van der Waals surface area contributed by atoms with Gasteiger partial charge >= 0.3 is 5.97 Å². The maximum atomic E-state index is 9.57. The second-order valence-corrected chi connectivity index (χ2v) is 0.820. The van der Waals surface area contributed by atoms with Crippen LogP contribution in [0.25, 0.3) is 0 Å². The number of carboxylic acid groups (broad SMARTS) is 1. The summed E-state index contributed by atoms with van der Waals surface area (Å²) in [5, 5.41) is 11.1. The quantitative estimate of drug-likeness (QED) is 0.357. The molecule has 0 spiro atoms. The number of carbonyl (C=O) groups is 1. The summed E-state index contributed by atoms with van der Waals surface area (Å²) in [4.78, 5) is 9.57. The van der Waals surface area contributed by atoms with Gasteiger partial charge in [-0.05, 0) is 0 Å². The average molecular weight is 102 g/mol. The number of aliphatic carboxylic acids is 1. The molecule has 0 rings (SSSR count). The molecule has 0 aromatic heterocycles. The Balaban J connectivity index is 3.26. The summed E-state index contributed by atoms with van der Waals surface area (Å²) in [6.07, 6.45) is 0.778. The van der Waals surface area contributed by atoms with Crippen molar-refractivity contribution in [1.82, 2.24) is 5.43 Å². The first-order chi connectivity index (χ1) is 3.27. The van der Waals surface area contributed by atoms with Gasteiger partial charge in [0.05, 0.1) is 0 Å². The van der Waals surface area contributed by atoms with E-state index in [0.717, 1.165) is 6.21 Å². The molecule has 2 N–H and O–H groups in total. The molecule has 4 nitrogen and oxygen atoms in total. The van der Waals surface area contributed by atoms with Crippen molar-refractivity contribution in [3.63, 3.8) is 0 Å². The molecule has 0 aliphatic heterocycles. The van der Waals surface area contributed by atoms with Gasteiger partial charge in [-0.2, -0.15) is 5.10 Å². The molecular formula is C3H6N2O2. The largest absolute Gasteiger partial charge is 0.477 e. The highest BCUT2D eigenvalue weighted by Gasteiger charge is 1.80. The van der Waals surface area contributed by atoms with Crippen molar-refractivity contribution in [2.24, 2.45) is 5.10 Å². The van der Waals surface area contributed by atoms with Crippen LogP contribution in [0.1, 0.15) is 0 Å². The summed E-state index contributed by atoms with van der Waals surface area (Å²) in [5.41, 5.74) is 2.29. The molecule has 0 aromatic carbocycles. The number of carboxylic acids is 1. The lowest BCUT2D eigenvalue weighted by molar-refractivity contribution is -0.128. The van der Waals surface area contributed by atoms with Gasteiger partial charge in [0.15, 0.2) is 0 Å². The van der Waals surface area contributed by atoms with Crippen molar-refractivity contribution in [2.75, 3.05) is 7.05 Å². The minimum atomic E-state index is -1.05. The van der Waals surface area contributed by atoms with E-state index < -0.39 is 5.97 Å². The molecule has 40 valence electrons. The van der Waals surface area contributed by atoms with Crippen LogP contribution in [0.2, 0.25) is 0 Å². The molecule has 0 aliphatic carbocycles. The normalized spacial score (nSPS) is 9.29. The molecule has 4 heteroatoms. The van der Waals surface area contributed by atoms with E-state index in [9.17, 15) is 4.79 Å². The predicted octanol–water partition coefficient (Wildman–Crippen LogP) is -0.724. The molecule has 0 saturated heterocycles. The Labute approximate surface area is 40.8 Å². The van der Waals surface area contributed by atoms with E-state index in [0.29, 0.717) is 0 Å². The van der Waals surface area contributed by atoms with Crippen molar-refractivity contribution in [3.8, 4) is 0 Å². The first-order valence-corrected chi connectivity index (χ1v) is 1.70. The van der Waals surface area contributed by atoms with Crippen LogP contribution in [-0.2, 0) is 4.79 Å². The highest BCUT2D eigenvalue weighted by molar-refractivity contribution is 6.21. The third kappa shape index (κ3) is 4.94. The molecule has 0 saturated carbocycles. The van der Waals surface area contributed by atoms with Crippen LogP contribution in [0.3, 0.4) is 0 Å². The molecule has 0 atom stereocenters. The van der Waals surface area contributed by atoms with E-state index in [2.05, 4.69) is 10.5 Å². The number of hydrogen-bond acceptors (Lipinski definition) is 3. The van der Waals surface area contributed by atoms with Crippen LogP contribution in [0, 0.1) is 0 Å². The second kappa shape index (κ2) is 3.14. The summed E-state index contributed by atoms with van der Waals surface area (Å²) in [5.74, 6) is -1.05. The van der Waals surface area contributed by atoms with Crippen LogP contribution in [-0.4, -0.2) is 24.3 Å². The van der Waals surface area contributed by atoms with E-state index in [1.807, 2.05) is 0 Å². The zero-order chi connectivity index (χ0) is 5.70. The minimum absolute atomic E-state index is 0.778. The molecule has 0 aliphatic rings. The number of rotatable bonds is 2. The van der Waals surface area contributed by atoms with Gasteiger partial charge in [0, 0.05) is 7.05 Å². The second-order valence-electron chi connectivity index (χ2n) is 0.820. The van der Waals surface area contributed by atoms with E-state index in [1.165, 1.54) is 7.05 Å². The van der Waals surface area contributed by atoms with Crippen molar-refractivity contribution < 1.29 is 9.90 Å². The zero-order valence-electron chi connectivity index (χ0n) is 3.88. The molecule has 0 fully saturated rings. The lowest BCUT2D eigenvalue weighted by Gasteiger charge is -1.79. The van der Waals surface area contributed by atoms with Gasteiger partial charge in [0.2, 0.25) is 0 Å². The molecular weight excluding hydrogens is 96.0 g/mol.